The highest BCUT2D eigenvalue weighted by Gasteiger charge is 2.45. The number of hydrogen-bond acceptors (Lipinski definition) is 6. The molecule has 3 rings (SSSR count). The molecule has 0 unspecified atom stereocenters. The highest BCUT2D eigenvalue weighted by atomic mass is 19.3. The first-order valence-electron chi connectivity index (χ1n) is 6.33. The second kappa shape index (κ2) is 4.90. The van der Waals surface area contributed by atoms with Crippen molar-refractivity contribution in [3.05, 3.63) is 41.9 Å². The lowest BCUT2D eigenvalue weighted by Gasteiger charge is -2.28. The molecule has 1 aromatic carbocycles. The average molecular weight is 310 g/mol. The number of rotatable bonds is 3. The number of fused-ring (bicyclic) bond motifs is 1. The minimum Gasteiger partial charge on any atom is -0.495 e. The van der Waals surface area contributed by atoms with Crippen LogP contribution in [0.5, 0.6) is 11.5 Å². The maximum atomic E-state index is 13.2. The van der Waals surface area contributed by atoms with Gasteiger partial charge < -0.3 is 14.2 Å². The third-order valence-corrected chi connectivity index (χ3v) is 3.07. The quantitative estimate of drug-likeness (QED) is 0.924. The zero-order chi connectivity index (χ0) is 15.9. The van der Waals surface area contributed by atoms with E-state index in [0.29, 0.717) is 5.76 Å². The zero-order valence-electron chi connectivity index (χ0n) is 11.7. The van der Waals surface area contributed by atoms with Gasteiger partial charge in [0, 0.05) is 13.0 Å². The number of alkyl halides is 2. The van der Waals surface area contributed by atoms with E-state index in [0.717, 1.165) is 0 Å². The third kappa shape index (κ3) is 2.43. The van der Waals surface area contributed by atoms with Gasteiger partial charge in [0.15, 0.2) is 17.3 Å². The molecular formula is C14H12F2N2O4. The van der Waals surface area contributed by atoms with E-state index in [9.17, 15) is 13.6 Å². The number of carbonyl (C=O) groups excluding carboxylic acids is 1. The van der Waals surface area contributed by atoms with E-state index in [2.05, 4.69) is 14.9 Å². The van der Waals surface area contributed by atoms with Crippen LogP contribution >= 0.6 is 0 Å². The number of allylic oxidation sites excluding steroid dienone is 2. The summed E-state index contributed by atoms with van der Waals surface area (Å²) in [5, 5.41) is 1.36. The standard InChI is InChI=1S/C14H12F2N2O4/c1-8(19)10-6-9(20-2)7-18(17-10)11-4-3-5-12-13(11)22-14(15,16)21-12/h3-7,17H,1-2H3. The minimum absolute atomic E-state index is 0.0874. The number of nitrogens with one attached hydrogen (secondary N) is 1. The van der Waals surface area contributed by atoms with Crippen LogP contribution in [0, 0.1) is 0 Å². The maximum absolute atomic E-state index is 13.2. The number of ketones is 1. The van der Waals surface area contributed by atoms with Crippen molar-refractivity contribution in [1.29, 1.82) is 0 Å². The van der Waals surface area contributed by atoms with Gasteiger partial charge in [-0.2, -0.15) is 0 Å². The molecule has 0 fully saturated rings. The number of hydrogen-bond donors (Lipinski definition) is 1. The van der Waals surface area contributed by atoms with Crippen molar-refractivity contribution in [1.82, 2.24) is 5.43 Å². The zero-order valence-corrected chi connectivity index (χ0v) is 11.7. The molecule has 0 saturated heterocycles. The van der Waals surface area contributed by atoms with Gasteiger partial charge in [-0.05, 0) is 12.1 Å². The second-order valence-corrected chi connectivity index (χ2v) is 4.60. The Hall–Kier alpha value is -2.77. The lowest BCUT2D eigenvalue weighted by atomic mass is 10.2. The first-order valence-corrected chi connectivity index (χ1v) is 6.33. The summed E-state index contributed by atoms with van der Waals surface area (Å²) in [6, 6.07) is 4.45. The monoisotopic (exact) mass is 310 g/mol. The predicted octanol–water partition coefficient (Wildman–Crippen LogP) is 2.29. The Kier molecular flexibility index (Phi) is 3.16. The van der Waals surface area contributed by atoms with E-state index in [1.165, 1.54) is 43.5 Å². The van der Waals surface area contributed by atoms with Crippen LogP contribution in [0.2, 0.25) is 0 Å². The molecule has 0 aliphatic carbocycles. The van der Waals surface area contributed by atoms with Crippen LogP contribution < -0.4 is 19.9 Å². The van der Waals surface area contributed by atoms with Gasteiger partial charge in [0.1, 0.15) is 17.1 Å². The van der Waals surface area contributed by atoms with E-state index in [-0.39, 0.29) is 28.7 Å². The number of benzene rings is 1. The summed E-state index contributed by atoms with van der Waals surface area (Å²) < 4.78 is 40.5. The highest BCUT2D eigenvalue weighted by Crippen LogP contribution is 2.47. The lowest BCUT2D eigenvalue weighted by molar-refractivity contribution is -0.286. The molecule has 22 heavy (non-hydrogen) atoms. The second-order valence-electron chi connectivity index (χ2n) is 4.60. The maximum Gasteiger partial charge on any atom is 0.586 e. The van der Waals surface area contributed by atoms with Gasteiger partial charge in [0.25, 0.3) is 0 Å². The molecule has 2 aliphatic heterocycles. The molecule has 1 aromatic rings. The Morgan fingerprint density at radius 2 is 2.14 bits per heavy atom. The molecule has 1 N–H and O–H groups in total. The molecule has 0 radical (unpaired) electrons. The van der Waals surface area contributed by atoms with E-state index in [4.69, 9.17) is 4.74 Å². The molecule has 2 aliphatic rings. The number of hydrazine groups is 1. The summed E-state index contributed by atoms with van der Waals surface area (Å²) in [6.07, 6.45) is -0.711. The Morgan fingerprint density at radius 1 is 1.36 bits per heavy atom. The number of anilines is 1. The highest BCUT2D eigenvalue weighted by molar-refractivity contribution is 5.94. The molecule has 116 valence electrons. The summed E-state index contributed by atoms with van der Waals surface area (Å²) in [6.45, 7) is 1.37. The molecule has 0 saturated carbocycles. The summed E-state index contributed by atoms with van der Waals surface area (Å²) in [7, 11) is 1.44. The minimum atomic E-state index is -3.72. The van der Waals surface area contributed by atoms with Crippen molar-refractivity contribution in [3.63, 3.8) is 0 Å². The SMILES string of the molecule is COC1=CN(c2cccc3c2OC(F)(F)O3)NC(C(C)=O)=C1. The van der Waals surface area contributed by atoms with Crippen LogP contribution in [-0.4, -0.2) is 19.2 Å². The summed E-state index contributed by atoms with van der Waals surface area (Å²) >= 11 is 0. The molecule has 0 bridgehead atoms. The third-order valence-electron chi connectivity index (χ3n) is 3.07. The van der Waals surface area contributed by atoms with Gasteiger partial charge in [0.05, 0.1) is 13.3 Å². The molecule has 6 nitrogen and oxygen atoms in total. The number of Topliss-reactive ketones (excluding diaryl/α,β-unsaturated/α-hetero) is 1. The number of ether oxygens (including phenoxy) is 3. The number of halogens is 2. The van der Waals surface area contributed by atoms with Crippen LogP contribution in [0.15, 0.2) is 41.9 Å². The molecule has 8 heteroatoms. The fourth-order valence-electron chi connectivity index (χ4n) is 2.07. The average Bonchev–Trinajstić information content (AvgIpc) is 2.80. The van der Waals surface area contributed by atoms with Gasteiger partial charge in [-0.3, -0.25) is 15.2 Å². The number of carbonyl (C=O) groups is 1. The Balaban J connectivity index is 2.00. The van der Waals surface area contributed by atoms with Gasteiger partial charge in [-0.15, -0.1) is 8.78 Å². The van der Waals surface area contributed by atoms with Crippen molar-refractivity contribution in [2.45, 2.75) is 13.2 Å². The van der Waals surface area contributed by atoms with Gasteiger partial charge in [-0.25, -0.2) is 0 Å². The number of nitrogens with zero attached hydrogens (tertiary/aromatic N) is 1. The molecule has 2 heterocycles. The molecule has 0 spiro atoms. The van der Waals surface area contributed by atoms with Crippen molar-refractivity contribution < 1.29 is 27.8 Å². The normalized spacial score (nSPS) is 18.3. The number of methoxy groups -OCH3 is 1. The van der Waals surface area contributed by atoms with E-state index >= 15 is 0 Å². The van der Waals surface area contributed by atoms with Crippen LogP contribution in [0.3, 0.4) is 0 Å². The fraction of sp³-hybridized carbons (Fsp3) is 0.214. The molecule has 0 atom stereocenters. The van der Waals surface area contributed by atoms with E-state index in [1.807, 2.05) is 0 Å². The fourth-order valence-corrected chi connectivity index (χ4v) is 2.07. The predicted molar refractivity (Wildman–Crippen MR) is 72.1 cm³/mol. The van der Waals surface area contributed by atoms with E-state index < -0.39 is 6.29 Å². The first kappa shape index (κ1) is 14.2. The Morgan fingerprint density at radius 3 is 2.82 bits per heavy atom. The van der Waals surface area contributed by atoms with Crippen molar-refractivity contribution >= 4 is 11.5 Å². The molecule has 0 amide bonds. The van der Waals surface area contributed by atoms with Crippen LogP contribution in [-0.2, 0) is 9.53 Å². The summed E-state index contributed by atoms with van der Waals surface area (Å²) in [5.74, 6) is -0.0675. The smallest absolute Gasteiger partial charge is 0.495 e. The lowest BCUT2D eigenvalue weighted by Crippen LogP contribution is -2.38. The van der Waals surface area contributed by atoms with Crippen molar-refractivity contribution in [3.8, 4) is 11.5 Å². The summed E-state index contributed by atoms with van der Waals surface area (Å²) in [4.78, 5) is 11.6. The Labute approximate surface area is 124 Å². The molecule has 0 aromatic heterocycles. The Bertz CT molecular complexity index is 700. The van der Waals surface area contributed by atoms with Crippen LogP contribution in [0.1, 0.15) is 6.92 Å². The van der Waals surface area contributed by atoms with Crippen LogP contribution in [0.4, 0.5) is 14.5 Å². The van der Waals surface area contributed by atoms with Gasteiger partial charge >= 0.3 is 6.29 Å². The van der Waals surface area contributed by atoms with Crippen LogP contribution in [0.25, 0.3) is 0 Å². The number of para-hydroxylation sites is 1. The topological polar surface area (TPSA) is 60.0 Å². The van der Waals surface area contributed by atoms with Gasteiger partial charge in [-0.1, -0.05) is 6.07 Å². The first-order chi connectivity index (χ1) is 10.4. The van der Waals surface area contributed by atoms with Crippen molar-refractivity contribution in [2.75, 3.05) is 12.1 Å². The molecular weight excluding hydrogens is 298 g/mol. The summed E-state index contributed by atoms with van der Waals surface area (Å²) in [5.41, 5.74) is 3.31. The van der Waals surface area contributed by atoms with Crippen molar-refractivity contribution in [2.24, 2.45) is 0 Å². The van der Waals surface area contributed by atoms with E-state index in [1.54, 1.807) is 6.07 Å². The van der Waals surface area contributed by atoms with Gasteiger partial charge in [0.2, 0.25) is 0 Å². The largest absolute Gasteiger partial charge is 0.586 e.